The lowest BCUT2D eigenvalue weighted by Gasteiger charge is -2.19. The zero-order valence-corrected chi connectivity index (χ0v) is 17.3. The summed E-state index contributed by atoms with van der Waals surface area (Å²) in [6.07, 6.45) is 0.866. The number of hydrogen-bond acceptors (Lipinski definition) is 7. The first-order chi connectivity index (χ1) is 14.2. The predicted molar refractivity (Wildman–Crippen MR) is 114 cm³/mol. The van der Waals surface area contributed by atoms with Gasteiger partial charge in [0.05, 0.1) is 18.6 Å². The summed E-state index contributed by atoms with van der Waals surface area (Å²) in [6.45, 7) is 1.49. The van der Waals surface area contributed by atoms with Gasteiger partial charge >= 0.3 is 0 Å². The summed E-state index contributed by atoms with van der Waals surface area (Å²) in [5, 5.41) is 15.2. The van der Waals surface area contributed by atoms with Crippen LogP contribution in [-0.2, 0) is 4.79 Å². The maximum atomic E-state index is 12.1. The second kappa shape index (κ2) is 10.5. The zero-order valence-electron chi connectivity index (χ0n) is 16.5. The Balaban J connectivity index is 1.41. The average Bonchev–Trinajstić information content (AvgIpc) is 3.24. The second-order valence-electron chi connectivity index (χ2n) is 6.32. The van der Waals surface area contributed by atoms with Gasteiger partial charge in [-0.2, -0.15) is 4.68 Å². The molecular weight excluding hydrogens is 388 g/mol. The average molecular weight is 413 g/mol. The number of nitrogens with one attached hydrogen (secondary N) is 1. The molecule has 0 saturated heterocycles. The molecule has 0 fully saturated rings. The topological polar surface area (TPSA) is 85.2 Å². The van der Waals surface area contributed by atoms with E-state index in [1.165, 1.54) is 17.4 Å². The van der Waals surface area contributed by atoms with Gasteiger partial charge in [-0.1, -0.05) is 30.0 Å². The first-order valence-electron chi connectivity index (χ1n) is 9.26. The van der Waals surface area contributed by atoms with Crippen LogP contribution in [0.4, 0.5) is 5.69 Å². The molecule has 0 spiro atoms. The van der Waals surface area contributed by atoms with Crippen LogP contribution in [0.25, 0.3) is 5.69 Å². The highest BCUT2D eigenvalue weighted by Crippen LogP contribution is 2.20. The number of aromatic nitrogens is 4. The van der Waals surface area contributed by atoms with Crippen molar-refractivity contribution in [2.45, 2.75) is 11.6 Å². The minimum atomic E-state index is -0.0401. The Morgan fingerprint density at radius 2 is 1.93 bits per heavy atom. The number of methoxy groups -OCH3 is 1. The normalized spacial score (nSPS) is 10.6. The largest absolute Gasteiger partial charge is 0.497 e. The van der Waals surface area contributed by atoms with Gasteiger partial charge in [-0.05, 0) is 53.2 Å². The van der Waals surface area contributed by atoms with E-state index in [0.29, 0.717) is 11.7 Å². The molecule has 0 saturated carbocycles. The van der Waals surface area contributed by atoms with Crippen LogP contribution >= 0.6 is 11.8 Å². The second-order valence-corrected chi connectivity index (χ2v) is 7.26. The number of amides is 1. The Bertz CT molecular complexity index is 901. The van der Waals surface area contributed by atoms with Gasteiger partial charge in [0.2, 0.25) is 11.1 Å². The van der Waals surface area contributed by atoms with E-state index in [-0.39, 0.29) is 11.7 Å². The quantitative estimate of drug-likeness (QED) is 0.404. The van der Waals surface area contributed by atoms with Crippen LogP contribution in [0.5, 0.6) is 5.75 Å². The molecule has 1 aromatic heterocycles. The van der Waals surface area contributed by atoms with Crippen molar-refractivity contribution in [2.75, 3.05) is 37.9 Å². The number of rotatable bonds is 10. The third-order valence-corrected chi connectivity index (χ3v) is 5.20. The van der Waals surface area contributed by atoms with E-state index in [4.69, 9.17) is 4.74 Å². The highest BCUT2D eigenvalue weighted by Gasteiger charge is 2.11. The molecule has 152 valence electrons. The van der Waals surface area contributed by atoms with Gasteiger partial charge in [0.25, 0.3) is 0 Å². The molecule has 3 rings (SSSR count). The number of carbonyl (C=O) groups is 1. The summed E-state index contributed by atoms with van der Waals surface area (Å²) >= 11 is 1.30. The summed E-state index contributed by atoms with van der Waals surface area (Å²) in [5.41, 5.74) is 1.97. The minimum absolute atomic E-state index is 0.0401. The fourth-order valence-corrected chi connectivity index (χ4v) is 3.41. The van der Waals surface area contributed by atoms with Crippen molar-refractivity contribution >= 4 is 23.4 Å². The number of ether oxygens (including phenoxy) is 1. The summed E-state index contributed by atoms with van der Waals surface area (Å²) in [4.78, 5) is 14.3. The van der Waals surface area contributed by atoms with Crippen LogP contribution < -0.4 is 15.0 Å². The molecule has 3 aromatic rings. The fourth-order valence-electron chi connectivity index (χ4n) is 2.69. The van der Waals surface area contributed by atoms with Crippen LogP contribution in [0.2, 0.25) is 0 Å². The van der Waals surface area contributed by atoms with Gasteiger partial charge in [-0.3, -0.25) is 4.79 Å². The number of nitrogens with zero attached hydrogens (tertiary/aromatic N) is 5. The maximum absolute atomic E-state index is 12.1. The van der Waals surface area contributed by atoms with Crippen molar-refractivity contribution in [1.82, 2.24) is 25.5 Å². The summed E-state index contributed by atoms with van der Waals surface area (Å²) < 4.78 is 6.76. The van der Waals surface area contributed by atoms with Crippen molar-refractivity contribution in [1.29, 1.82) is 0 Å². The van der Waals surface area contributed by atoms with Gasteiger partial charge in [0, 0.05) is 25.8 Å². The SMILES string of the molecule is COc1ccc(-n2nnnc2SCC(=O)NCCCN(C)c2ccccc2)cc1. The Morgan fingerprint density at radius 3 is 2.66 bits per heavy atom. The molecule has 0 aliphatic carbocycles. The van der Waals surface area contributed by atoms with Crippen molar-refractivity contribution < 1.29 is 9.53 Å². The molecule has 0 atom stereocenters. The number of carbonyl (C=O) groups excluding carboxylic acids is 1. The molecule has 0 unspecified atom stereocenters. The van der Waals surface area contributed by atoms with E-state index in [0.717, 1.165) is 24.4 Å². The first-order valence-corrected chi connectivity index (χ1v) is 10.2. The molecule has 0 aliphatic rings. The molecule has 8 nitrogen and oxygen atoms in total. The van der Waals surface area contributed by atoms with Gasteiger partial charge in [0.1, 0.15) is 5.75 Å². The first kappa shape index (κ1) is 20.7. The van der Waals surface area contributed by atoms with Gasteiger partial charge in [-0.25, -0.2) is 0 Å². The highest BCUT2D eigenvalue weighted by molar-refractivity contribution is 7.99. The Labute approximate surface area is 174 Å². The van der Waals surface area contributed by atoms with Crippen LogP contribution in [0.15, 0.2) is 59.8 Å². The van der Waals surface area contributed by atoms with Gasteiger partial charge in [-0.15, -0.1) is 5.10 Å². The lowest BCUT2D eigenvalue weighted by molar-refractivity contribution is -0.118. The van der Waals surface area contributed by atoms with E-state index in [9.17, 15) is 4.79 Å². The lowest BCUT2D eigenvalue weighted by Crippen LogP contribution is -2.29. The molecule has 2 aromatic carbocycles. The predicted octanol–water partition coefficient (Wildman–Crippen LogP) is 2.41. The van der Waals surface area contributed by atoms with Crippen LogP contribution in [0.1, 0.15) is 6.42 Å². The number of tetrazole rings is 1. The van der Waals surface area contributed by atoms with E-state index in [2.05, 4.69) is 37.9 Å². The zero-order chi connectivity index (χ0) is 20.5. The number of hydrogen-bond donors (Lipinski definition) is 1. The number of thioether (sulfide) groups is 1. The summed E-state index contributed by atoms with van der Waals surface area (Å²) in [7, 11) is 3.66. The Kier molecular flexibility index (Phi) is 7.46. The maximum Gasteiger partial charge on any atom is 0.230 e. The molecule has 1 N–H and O–H groups in total. The highest BCUT2D eigenvalue weighted by atomic mass is 32.2. The third-order valence-electron chi connectivity index (χ3n) is 4.28. The van der Waals surface area contributed by atoms with Crippen molar-refractivity contribution in [3.8, 4) is 11.4 Å². The lowest BCUT2D eigenvalue weighted by atomic mass is 10.3. The fraction of sp³-hybridized carbons (Fsp3) is 0.300. The molecule has 1 heterocycles. The molecule has 9 heteroatoms. The molecule has 0 aliphatic heterocycles. The summed E-state index contributed by atoms with van der Waals surface area (Å²) in [6, 6.07) is 17.6. The Morgan fingerprint density at radius 1 is 1.17 bits per heavy atom. The number of benzene rings is 2. The molecule has 29 heavy (non-hydrogen) atoms. The summed E-state index contributed by atoms with van der Waals surface area (Å²) in [5.74, 6) is 0.973. The Hall–Kier alpha value is -3.07. The van der Waals surface area contributed by atoms with Crippen LogP contribution in [-0.4, -0.2) is 59.1 Å². The van der Waals surface area contributed by atoms with Crippen molar-refractivity contribution in [3.63, 3.8) is 0 Å². The van der Waals surface area contributed by atoms with E-state index >= 15 is 0 Å². The van der Waals surface area contributed by atoms with Crippen LogP contribution in [0.3, 0.4) is 0 Å². The molecule has 0 radical (unpaired) electrons. The molecule has 1 amide bonds. The molecular formula is C20H24N6O2S. The van der Waals surface area contributed by atoms with Gasteiger partial charge < -0.3 is 15.0 Å². The monoisotopic (exact) mass is 412 g/mol. The standard InChI is InChI=1S/C20H24N6O2S/c1-25(16-7-4-3-5-8-16)14-6-13-21-19(27)15-29-20-22-23-24-26(20)17-9-11-18(28-2)12-10-17/h3-5,7-12H,6,13-15H2,1-2H3,(H,21,27). The smallest absolute Gasteiger partial charge is 0.230 e. The van der Waals surface area contributed by atoms with Crippen LogP contribution in [0, 0.1) is 0 Å². The van der Waals surface area contributed by atoms with Crippen molar-refractivity contribution in [2.24, 2.45) is 0 Å². The van der Waals surface area contributed by atoms with E-state index in [1.54, 1.807) is 11.8 Å². The number of anilines is 1. The van der Waals surface area contributed by atoms with E-state index < -0.39 is 0 Å². The molecule has 0 bridgehead atoms. The number of para-hydroxylation sites is 1. The van der Waals surface area contributed by atoms with Gasteiger partial charge in [0.15, 0.2) is 0 Å². The van der Waals surface area contributed by atoms with Crippen molar-refractivity contribution in [3.05, 3.63) is 54.6 Å². The third kappa shape index (κ3) is 5.95. The minimum Gasteiger partial charge on any atom is -0.497 e. The van der Waals surface area contributed by atoms with E-state index in [1.807, 2.05) is 49.5 Å².